The molecule has 0 atom stereocenters. The predicted octanol–water partition coefficient (Wildman–Crippen LogP) is 3.33. The Morgan fingerprint density at radius 1 is 1.42 bits per heavy atom. The summed E-state index contributed by atoms with van der Waals surface area (Å²) in [5, 5.41) is 0. The number of halogens is 1. The second-order valence-corrected chi connectivity index (χ2v) is 2.60. The zero-order valence-electron chi connectivity index (χ0n) is 7.05. The minimum Gasteiger partial charge on any atom is -0.207 e. The van der Waals surface area contributed by atoms with Crippen LogP contribution in [0, 0.1) is 12.7 Å². The van der Waals surface area contributed by atoms with E-state index in [1.54, 1.807) is 18.2 Å². The molecule has 0 saturated carbocycles. The second kappa shape index (κ2) is 3.86. The molecule has 1 heteroatoms. The van der Waals surface area contributed by atoms with E-state index in [0.717, 1.165) is 11.1 Å². The number of benzene rings is 1. The highest BCUT2D eigenvalue weighted by Gasteiger charge is 1.94. The first-order valence-corrected chi connectivity index (χ1v) is 3.79. The maximum Gasteiger partial charge on any atom is 0.123 e. The van der Waals surface area contributed by atoms with Crippen LogP contribution in [0.4, 0.5) is 4.39 Å². The fourth-order valence-corrected chi connectivity index (χ4v) is 0.963. The summed E-state index contributed by atoms with van der Waals surface area (Å²) < 4.78 is 12.7. The van der Waals surface area contributed by atoms with Gasteiger partial charge in [0, 0.05) is 0 Å². The number of aryl methyl sites for hydroxylation is 1. The molecule has 0 aliphatic rings. The molecule has 0 nitrogen and oxygen atoms in total. The van der Waals surface area contributed by atoms with Crippen LogP contribution in [0.1, 0.15) is 11.1 Å². The van der Waals surface area contributed by atoms with Crippen molar-refractivity contribution in [3.8, 4) is 0 Å². The third-order valence-electron chi connectivity index (χ3n) is 1.65. The lowest BCUT2D eigenvalue weighted by atomic mass is 10.1. The molecule has 0 amide bonds. The van der Waals surface area contributed by atoms with Crippen molar-refractivity contribution in [2.24, 2.45) is 0 Å². The van der Waals surface area contributed by atoms with Gasteiger partial charge in [-0.3, -0.25) is 0 Å². The van der Waals surface area contributed by atoms with Gasteiger partial charge in [0.1, 0.15) is 5.82 Å². The second-order valence-electron chi connectivity index (χ2n) is 2.60. The van der Waals surface area contributed by atoms with Gasteiger partial charge in [-0.2, -0.15) is 0 Å². The molecule has 1 aromatic carbocycles. The van der Waals surface area contributed by atoms with Crippen molar-refractivity contribution in [1.29, 1.82) is 0 Å². The zero-order valence-corrected chi connectivity index (χ0v) is 7.05. The summed E-state index contributed by atoms with van der Waals surface area (Å²) in [6.45, 7) is 5.49. The molecule has 0 aromatic heterocycles. The summed E-state index contributed by atoms with van der Waals surface area (Å²) in [5.74, 6) is -0.204. The lowest BCUT2D eigenvalue weighted by Crippen LogP contribution is -1.81. The first kappa shape index (κ1) is 8.72. The Morgan fingerprint density at radius 3 is 2.83 bits per heavy atom. The van der Waals surface area contributed by atoms with Crippen molar-refractivity contribution in [2.45, 2.75) is 6.92 Å². The monoisotopic (exact) mass is 162 g/mol. The Bertz CT molecular complexity index is 311. The van der Waals surface area contributed by atoms with Gasteiger partial charge in [-0.15, -0.1) is 0 Å². The van der Waals surface area contributed by atoms with Crippen LogP contribution in [0.5, 0.6) is 0 Å². The lowest BCUT2D eigenvalue weighted by molar-refractivity contribution is 0.627. The minimum absolute atomic E-state index is 0.204. The van der Waals surface area contributed by atoms with Gasteiger partial charge in [-0.25, -0.2) is 4.39 Å². The first-order chi connectivity index (χ1) is 5.74. The first-order valence-electron chi connectivity index (χ1n) is 3.79. The molecule has 0 radical (unpaired) electrons. The Kier molecular flexibility index (Phi) is 2.81. The molecule has 0 saturated heterocycles. The van der Waals surface area contributed by atoms with E-state index in [2.05, 4.69) is 6.58 Å². The minimum atomic E-state index is -0.204. The van der Waals surface area contributed by atoms with Crippen molar-refractivity contribution in [3.63, 3.8) is 0 Å². The molecule has 0 fully saturated rings. The smallest absolute Gasteiger partial charge is 0.123 e. The van der Waals surface area contributed by atoms with Crippen LogP contribution in [0.2, 0.25) is 0 Å². The Morgan fingerprint density at radius 2 is 2.17 bits per heavy atom. The summed E-state index contributed by atoms with van der Waals surface area (Å²) in [6, 6.07) is 4.73. The average Bonchev–Trinajstić information content (AvgIpc) is 2.07. The molecule has 0 spiro atoms. The van der Waals surface area contributed by atoms with Crippen molar-refractivity contribution < 1.29 is 4.39 Å². The number of rotatable bonds is 2. The van der Waals surface area contributed by atoms with Crippen LogP contribution in [0.3, 0.4) is 0 Å². The van der Waals surface area contributed by atoms with Crippen molar-refractivity contribution in [2.75, 3.05) is 0 Å². The molecule has 62 valence electrons. The maximum absolute atomic E-state index is 12.7. The molecule has 0 unspecified atom stereocenters. The summed E-state index contributed by atoms with van der Waals surface area (Å²) in [4.78, 5) is 0. The lowest BCUT2D eigenvalue weighted by Gasteiger charge is -1.98. The van der Waals surface area contributed by atoms with Crippen LogP contribution in [-0.2, 0) is 0 Å². The highest BCUT2D eigenvalue weighted by Crippen LogP contribution is 2.11. The SMILES string of the molecule is C=C/C=C/c1cc(F)ccc1C. The molecule has 1 rings (SSSR count). The predicted molar refractivity (Wildman–Crippen MR) is 50.4 cm³/mol. The molecule has 0 aliphatic carbocycles. The Hall–Kier alpha value is -1.37. The maximum atomic E-state index is 12.7. The molecule has 1 aromatic rings. The van der Waals surface area contributed by atoms with Crippen LogP contribution >= 0.6 is 0 Å². The third kappa shape index (κ3) is 2.06. The van der Waals surface area contributed by atoms with Crippen molar-refractivity contribution in [1.82, 2.24) is 0 Å². The van der Waals surface area contributed by atoms with Crippen LogP contribution in [-0.4, -0.2) is 0 Å². The fourth-order valence-electron chi connectivity index (χ4n) is 0.963. The van der Waals surface area contributed by atoms with E-state index in [4.69, 9.17) is 0 Å². The molecular formula is C11H11F. The van der Waals surface area contributed by atoms with E-state index in [1.165, 1.54) is 12.1 Å². The molecule has 12 heavy (non-hydrogen) atoms. The fraction of sp³-hybridized carbons (Fsp3) is 0.0909. The van der Waals surface area contributed by atoms with E-state index < -0.39 is 0 Å². The van der Waals surface area contributed by atoms with E-state index >= 15 is 0 Å². The third-order valence-corrected chi connectivity index (χ3v) is 1.65. The summed E-state index contributed by atoms with van der Waals surface area (Å²) in [5.41, 5.74) is 1.96. The van der Waals surface area contributed by atoms with Crippen LogP contribution in [0.25, 0.3) is 6.08 Å². The topological polar surface area (TPSA) is 0 Å². The van der Waals surface area contributed by atoms with Gasteiger partial charge < -0.3 is 0 Å². The quantitative estimate of drug-likeness (QED) is 0.585. The van der Waals surface area contributed by atoms with Crippen molar-refractivity contribution >= 4 is 6.08 Å². The summed E-state index contributed by atoms with van der Waals surface area (Å²) in [7, 11) is 0. The van der Waals surface area contributed by atoms with Gasteiger partial charge in [0.15, 0.2) is 0 Å². The van der Waals surface area contributed by atoms with Gasteiger partial charge in [-0.1, -0.05) is 30.9 Å². The van der Waals surface area contributed by atoms with Gasteiger partial charge >= 0.3 is 0 Å². The van der Waals surface area contributed by atoms with Gasteiger partial charge in [0.05, 0.1) is 0 Å². The highest BCUT2D eigenvalue weighted by atomic mass is 19.1. The van der Waals surface area contributed by atoms with E-state index in [1.807, 2.05) is 13.0 Å². The number of hydrogen-bond acceptors (Lipinski definition) is 0. The molecule has 0 aliphatic heterocycles. The van der Waals surface area contributed by atoms with E-state index in [9.17, 15) is 4.39 Å². The zero-order chi connectivity index (χ0) is 8.97. The van der Waals surface area contributed by atoms with Crippen LogP contribution < -0.4 is 0 Å². The Balaban J connectivity index is 3.04. The van der Waals surface area contributed by atoms with Gasteiger partial charge in [-0.05, 0) is 30.2 Å². The molecule has 0 heterocycles. The van der Waals surface area contributed by atoms with Crippen molar-refractivity contribution in [3.05, 3.63) is 53.9 Å². The Labute approximate surface area is 72.0 Å². The largest absolute Gasteiger partial charge is 0.207 e. The average molecular weight is 162 g/mol. The van der Waals surface area contributed by atoms with Gasteiger partial charge in [0.25, 0.3) is 0 Å². The standard InChI is InChI=1S/C11H11F/c1-3-4-5-10-8-11(12)7-6-9(10)2/h3-8H,1H2,2H3/b5-4+. The van der Waals surface area contributed by atoms with Gasteiger partial charge in [0.2, 0.25) is 0 Å². The number of allylic oxidation sites excluding steroid dienone is 2. The highest BCUT2D eigenvalue weighted by molar-refractivity contribution is 5.54. The summed E-state index contributed by atoms with van der Waals surface area (Å²) in [6.07, 6.45) is 5.30. The molecule has 0 bridgehead atoms. The molecule has 0 N–H and O–H groups in total. The van der Waals surface area contributed by atoms with E-state index in [0.29, 0.717) is 0 Å². The normalized spacial score (nSPS) is 10.5. The molecular weight excluding hydrogens is 151 g/mol. The summed E-state index contributed by atoms with van der Waals surface area (Å²) >= 11 is 0. The van der Waals surface area contributed by atoms with E-state index in [-0.39, 0.29) is 5.82 Å². The number of hydrogen-bond donors (Lipinski definition) is 0. The van der Waals surface area contributed by atoms with Crippen LogP contribution in [0.15, 0.2) is 36.9 Å².